The Kier molecular flexibility index (Phi) is 22.4. The van der Waals surface area contributed by atoms with Gasteiger partial charge < -0.3 is 44.5 Å². The average Bonchev–Trinajstić information content (AvgIpc) is 0.782. The normalized spacial score (nSPS) is 10.8. The Morgan fingerprint density at radius 1 is 0.259 bits per heavy atom. The summed E-state index contributed by atoms with van der Waals surface area (Å²) >= 11 is 0. The number of hydrogen-bond donors (Lipinski definition) is 0. The molecular weight excluding hydrogens is 1690 g/mol. The Labute approximate surface area is 653 Å². The fourth-order valence-electron chi connectivity index (χ4n) is 12.6. The molecule has 522 valence electrons. The number of amides is 4. The number of carbonyl (C=O) groups excluding carboxylic acids is 4. The van der Waals surface area contributed by atoms with Crippen molar-refractivity contribution in [3.05, 3.63) is 363 Å². The smallest absolute Gasteiger partial charge is 0.351 e. The maximum absolute atomic E-state index is 14.8. The van der Waals surface area contributed by atoms with E-state index in [9.17, 15) is 19.2 Å². The van der Waals surface area contributed by atoms with Gasteiger partial charge in [-0.3, -0.25) is 24.2 Å². The van der Waals surface area contributed by atoms with Crippen LogP contribution in [0, 0.1) is 36.4 Å². The van der Waals surface area contributed by atoms with Crippen LogP contribution in [0.4, 0.5) is 22.7 Å². The number of pyridine rings is 4. The van der Waals surface area contributed by atoms with Gasteiger partial charge in [0.25, 0.3) is 0 Å². The molecule has 0 aliphatic rings. The molecule has 0 bridgehead atoms. The van der Waals surface area contributed by atoms with Crippen LogP contribution >= 0.6 is 0 Å². The molecule has 0 saturated heterocycles. The van der Waals surface area contributed by atoms with Gasteiger partial charge in [0.1, 0.15) is 0 Å². The molecule has 15 aromatic rings. The molecule has 5 aromatic heterocycles. The van der Waals surface area contributed by atoms with E-state index in [0.717, 1.165) is 84.0 Å². The number of benzene rings is 10. The van der Waals surface area contributed by atoms with Crippen molar-refractivity contribution >= 4 is 46.4 Å². The molecule has 5 heterocycles. The molecule has 4 amide bonds. The van der Waals surface area contributed by atoms with Gasteiger partial charge in [-0.25, -0.2) is 0 Å². The van der Waals surface area contributed by atoms with E-state index in [1.165, 1.54) is 0 Å². The zero-order valence-electron chi connectivity index (χ0n) is 58.6. The summed E-state index contributed by atoms with van der Waals surface area (Å²) in [6.07, 6.45) is 8.62. The molecule has 10 aromatic carbocycles. The van der Waals surface area contributed by atoms with Crippen molar-refractivity contribution in [3.63, 3.8) is 0 Å². The van der Waals surface area contributed by atoms with Crippen molar-refractivity contribution in [2.45, 2.75) is 0 Å². The molecule has 15 rings (SSSR count). The maximum Gasteiger partial charge on any atom is 3.00 e. The third-order valence-electron chi connectivity index (χ3n) is 18.5. The van der Waals surface area contributed by atoms with E-state index in [1.807, 2.05) is 237 Å². The van der Waals surface area contributed by atoms with Crippen molar-refractivity contribution in [2.24, 2.45) is 0 Å². The predicted molar refractivity (Wildman–Crippen MR) is 417 cm³/mol. The van der Waals surface area contributed by atoms with Gasteiger partial charge in [-0.2, -0.15) is 0 Å². The molecule has 16 heteroatoms. The minimum atomic E-state index is -0.327. The van der Waals surface area contributed by atoms with Crippen LogP contribution in [0.25, 0.3) is 112 Å². The van der Waals surface area contributed by atoms with Crippen molar-refractivity contribution in [1.82, 2.24) is 29.9 Å². The van der Waals surface area contributed by atoms with Crippen molar-refractivity contribution in [3.8, 4) is 112 Å². The Bertz CT molecular complexity index is 5120. The molecule has 0 N–H and O–H groups in total. The molecule has 0 spiro atoms. The quantitative estimate of drug-likeness (QED) is 0.0757. The van der Waals surface area contributed by atoms with Gasteiger partial charge in [-0.15, -0.1) is 179 Å². The number of carbonyl (C=O) groups is 4. The first-order valence-electron chi connectivity index (χ1n) is 34.1. The predicted octanol–water partition coefficient (Wildman–Crippen LogP) is 18.6. The van der Waals surface area contributed by atoms with Crippen LogP contribution in [-0.2, 0) is 40.2 Å². The summed E-state index contributed by atoms with van der Waals surface area (Å²) in [5.74, 6) is -0.853. The third-order valence-corrected chi connectivity index (χ3v) is 18.5. The van der Waals surface area contributed by atoms with Gasteiger partial charge in [-0.05, 0) is 134 Å². The molecule has 14 nitrogen and oxygen atoms in total. The molecule has 0 aliphatic heterocycles. The monoisotopic (exact) mass is 1760 g/mol. The zero-order valence-corrected chi connectivity index (χ0v) is 63.4. The topological polar surface area (TPSA) is 159 Å². The van der Waals surface area contributed by atoms with Crippen LogP contribution < -0.4 is 19.6 Å². The fraction of sp³-hybridized carbons (Fsp3) is 0.0435. The Balaban J connectivity index is 0.00000514. The number of aromatic nitrogens is 6. The molecule has 0 unspecified atom stereocenters. The van der Waals surface area contributed by atoms with E-state index in [1.54, 1.807) is 115 Å². The molecule has 0 saturated carbocycles. The van der Waals surface area contributed by atoms with Gasteiger partial charge in [0.2, 0.25) is 23.6 Å². The summed E-state index contributed by atoms with van der Waals surface area (Å²) in [6, 6.07) is 105. The fourth-order valence-corrected chi connectivity index (χ4v) is 12.6. The molecule has 0 radical (unpaired) electrons. The largest absolute Gasteiger partial charge is 3.00 e. The Morgan fingerprint density at radius 2 is 0.537 bits per heavy atom. The van der Waals surface area contributed by atoms with Crippen molar-refractivity contribution < 1.29 is 59.4 Å². The minimum absolute atomic E-state index is 0. The van der Waals surface area contributed by atoms with Crippen LogP contribution in [0.5, 0.6) is 0 Å². The SMILES string of the molecule is CN(C(=O)c1cc(C(=O)N(C)c2c[c-]c(-c3ccccn3)cc2)cc(-c2ccccc2-c2c[c-]c(-c3ccnc(-c4[c-]cc(-c5ccccc5-c5cc(C(=O)N(C)c6c[c-]c(-c7ccccn7)cc6)cc(C(=O)N(C)c6c[c-]c(-c7ccccn7)cc6)c5)cc4)n3)cc2)c1)c1c[c-]c(-c2ccccn2)cc1.[Ir+3].[Ir+3]. The van der Waals surface area contributed by atoms with E-state index >= 15 is 0 Å². The number of hydrogen-bond acceptors (Lipinski definition) is 10. The second kappa shape index (κ2) is 33.0. The Hall–Kier alpha value is -12.9. The van der Waals surface area contributed by atoms with Gasteiger partial charge in [0.15, 0.2) is 0 Å². The first kappa shape index (κ1) is 73.4. The first-order chi connectivity index (χ1) is 51.8. The van der Waals surface area contributed by atoms with Gasteiger partial charge in [0.05, 0.1) is 5.82 Å². The summed E-state index contributed by atoms with van der Waals surface area (Å²) in [7, 11) is 6.83. The Morgan fingerprint density at radius 3 is 0.815 bits per heavy atom. The number of anilines is 4. The van der Waals surface area contributed by atoms with Crippen LogP contribution in [0.2, 0.25) is 0 Å². The summed E-state index contributed by atoms with van der Waals surface area (Å²) in [5, 5.41) is 0. The van der Waals surface area contributed by atoms with Crippen LogP contribution in [0.15, 0.2) is 304 Å². The minimum Gasteiger partial charge on any atom is -0.351 e. The third kappa shape index (κ3) is 15.9. The van der Waals surface area contributed by atoms with E-state index in [4.69, 9.17) is 9.97 Å². The second-order valence-electron chi connectivity index (χ2n) is 25.1. The molecule has 0 aliphatic carbocycles. The van der Waals surface area contributed by atoms with E-state index in [-0.39, 0.29) is 63.8 Å². The average molecular weight is 1760 g/mol. The molecular formula is C92H62Ir2N10O4. The van der Waals surface area contributed by atoms with Crippen LogP contribution in [-0.4, -0.2) is 81.7 Å². The molecule has 0 fully saturated rings. The van der Waals surface area contributed by atoms with Crippen molar-refractivity contribution in [1.29, 1.82) is 0 Å². The maximum atomic E-state index is 14.8. The van der Waals surface area contributed by atoms with E-state index in [2.05, 4.69) is 56.3 Å². The summed E-state index contributed by atoms with van der Waals surface area (Å²) in [5.41, 5.74) is 18.1. The molecule has 108 heavy (non-hydrogen) atoms. The molecule has 0 atom stereocenters. The van der Waals surface area contributed by atoms with E-state index < -0.39 is 0 Å². The van der Waals surface area contributed by atoms with Gasteiger partial charge in [0, 0.05) is 81.4 Å². The summed E-state index contributed by atoms with van der Waals surface area (Å²) in [4.78, 5) is 92.9. The van der Waals surface area contributed by atoms with Gasteiger partial charge >= 0.3 is 40.2 Å². The summed E-state index contributed by atoms with van der Waals surface area (Å²) in [6.45, 7) is 0. The van der Waals surface area contributed by atoms with Crippen LogP contribution in [0.3, 0.4) is 0 Å². The van der Waals surface area contributed by atoms with Crippen molar-refractivity contribution in [2.75, 3.05) is 47.8 Å². The summed E-state index contributed by atoms with van der Waals surface area (Å²) < 4.78 is 0. The zero-order chi connectivity index (χ0) is 72.6. The first-order valence-corrected chi connectivity index (χ1v) is 34.1. The van der Waals surface area contributed by atoms with E-state index in [0.29, 0.717) is 73.2 Å². The number of nitrogens with zero attached hydrogens (tertiary/aromatic N) is 10. The van der Waals surface area contributed by atoms with Crippen LogP contribution in [0.1, 0.15) is 41.4 Å². The number of rotatable bonds is 18. The standard InChI is InChI=1S/C92H62N10O4.2Ir/c1-99(75-41-33-63(34-42-75)83-21-9-13-50-93-83)89(103)71-55-69(56-72(59-71)90(104)100(2)76-43-35-64(36-44-76)84-22-10-14-51-94-84)81-19-7-5-17-79(81)61-25-29-67(30-26-61)87-49-54-97-88(98-87)68-31-27-62(28-32-68)80-18-6-8-20-82(80)70-57-73(91(105)101(3)77-45-37-65(38-46-77)85-23-11-15-52-95-85)60-74(58-70)92(106)102(4)78-47-39-66(40-48-78)86-24-12-16-53-96-86;;/h5-29,31,33,35,37,39,41-60H,1-4H3;;/q-6;2*+3. The van der Waals surface area contributed by atoms with Gasteiger partial charge in [-0.1, -0.05) is 125 Å². The second-order valence-corrected chi connectivity index (χ2v) is 25.1.